The van der Waals surface area contributed by atoms with E-state index >= 15 is 0 Å². The maximum absolute atomic E-state index is 5.92. The van der Waals surface area contributed by atoms with Gasteiger partial charge in [-0.05, 0) is 49.9 Å². The largest absolute Gasteiger partial charge is 0.492 e. The van der Waals surface area contributed by atoms with Gasteiger partial charge in [-0.3, -0.25) is 0 Å². The minimum Gasteiger partial charge on any atom is -0.492 e. The number of nitrogens with two attached hydrogens (primary N) is 1. The van der Waals surface area contributed by atoms with Gasteiger partial charge in [0.25, 0.3) is 0 Å². The zero-order valence-corrected chi connectivity index (χ0v) is 13.2. The lowest BCUT2D eigenvalue weighted by Crippen LogP contribution is -2.41. The molecule has 1 aliphatic carbocycles. The predicted molar refractivity (Wildman–Crippen MR) is 87.9 cm³/mol. The van der Waals surface area contributed by atoms with E-state index in [2.05, 4.69) is 30.2 Å². The fraction of sp³-hybridized carbons (Fsp3) is 0.588. The zero-order chi connectivity index (χ0) is 15.1. The number of aryl methyl sites for hydroxylation is 2. The van der Waals surface area contributed by atoms with Gasteiger partial charge in [0.15, 0.2) is 5.96 Å². The van der Waals surface area contributed by atoms with E-state index in [0.29, 0.717) is 25.2 Å². The lowest BCUT2D eigenvalue weighted by atomic mass is 9.96. The Bertz CT molecular complexity index is 459. The van der Waals surface area contributed by atoms with Crippen LogP contribution in [0, 0.1) is 13.8 Å². The van der Waals surface area contributed by atoms with Gasteiger partial charge in [0, 0.05) is 6.04 Å². The highest BCUT2D eigenvalue weighted by molar-refractivity contribution is 5.78. The van der Waals surface area contributed by atoms with Crippen LogP contribution >= 0.6 is 0 Å². The number of hydrogen-bond acceptors (Lipinski definition) is 2. The second-order valence-electron chi connectivity index (χ2n) is 5.92. The van der Waals surface area contributed by atoms with Crippen molar-refractivity contribution >= 4 is 5.96 Å². The summed E-state index contributed by atoms with van der Waals surface area (Å²) in [6.45, 7) is 5.28. The summed E-state index contributed by atoms with van der Waals surface area (Å²) in [5.41, 5.74) is 8.35. The van der Waals surface area contributed by atoms with Crippen LogP contribution in [0.25, 0.3) is 0 Å². The number of benzene rings is 1. The molecule has 1 aliphatic rings. The molecule has 116 valence electrons. The quantitative estimate of drug-likeness (QED) is 0.498. The first kappa shape index (κ1) is 15.7. The van der Waals surface area contributed by atoms with Crippen LogP contribution in [0.1, 0.15) is 43.2 Å². The highest BCUT2D eigenvalue weighted by atomic mass is 16.5. The van der Waals surface area contributed by atoms with E-state index in [9.17, 15) is 0 Å². The molecule has 1 aromatic rings. The van der Waals surface area contributed by atoms with Crippen molar-refractivity contribution in [3.05, 3.63) is 29.3 Å². The number of aliphatic imine (C=N–C) groups is 1. The van der Waals surface area contributed by atoms with Crippen molar-refractivity contribution in [2.45, 2.75) is 52.0 Å². The predicted octanol–water partition coefficient (Wildman–Crippen LogP) is 2.92. The number of hydrogen-bond donors (Lipinski definition) is 2. The molecule has 1 aromatic carbocycles. The van der Waals surface area contributed by atoms with Crippen LogP contribution in [0.2, 0.25) is 0 Å². The summed E-state index contributed by atoms with van der Waals surface area (Å²) in [5.74, 6) is 1.45. The Morgan fingerprint density at radius 3 is 2.52 bits per heavy atom. The van der Waals surface area contributed by atoms with Crippen LogP contribution in [0.4, 0.5) is 0 Å². The van der Waals surface area contributed by atoms with Crippen LogP contribution in [-0.2, 0) is 0 Å². The number of nitrogens with one attached hydrogen (secondary N) is 1. The second-order valence-corrected chi connectivity index (χ2v) is 5.92. The Hall–Kier alpha value is -1.71. The summed E-state index contributed by atoms with van der Waals surface area (Å²) in [7, 11) is 0. The molecule has 2 rings (SSSR count). The van der Waals surface area contributed by atoms with Crippen molar-refractivity contribution in [3.8, 4) is 5.75 Å². The summed E-state index contributed by atoms with van der Waals surface area (Å²) in [4.78, 5) is 4.34. The molecule has 0 saturated heterocycles. The molecule has 0 aromatic heterocycles. The third-order valence-corrected chi connectivity index (χ3v) is 3.79. The standard InChI is InChI=1S/C17H27N3O/c1-13-10-14(2)12-16(11-13)21-9-8-19-17(18)20-15-6-4-3-5-7-15/h10-12,15H,3-9H2,1-2H3,(H3,18,19,20). The normalized spacial score (nSPS) is 16.8. The molecule has 0 aliphatic heterocycles. The first-order chi connectivity index (χ1) is 10.1. The average molecular weight is 289 g/mol. The van der Waals surface area contributed by atoms with Gasteiger partial charge in [-0.15, -0.1) is 0 Å². The highest BCUT2D eigenvalue weighted by Crippen LogP contribution is 2.17. The van der Waals surface area contributed by atoms with Gasteiger partial charge >= 0.3 is 0 Å². The minimum atomic E-state index is 0.503. The van der Waals surface area contributed by atoms with E-state index in [1.165, 1.54) is 43.2 Å². The summed E-state index contributed by atoms with van der Waals surface area (Å²) in [5, 5.41) is 3.31. The molecule has 0 radical (unpaired) electrons. The molecule has 0 atom stereocenters. The molecule has 1 saturated carbocycles. The molecule has 21 heavy (non-hydrogen) atoms. The molecule has 0 spiro atoms. The topological polar surface area (TPSA) is 59.6 Å². The Labute approximate surface area is 127 Å². The third kappa shape index (κ3) is 5.66. The molecule has 4 nitrogen and oxygen atoms in total. The molecule has 0 unspecified atom stereocenters. The summed E-state index contributed by atoms with van der Waals surface area (Å²) >= 11 is 0. The van der Waals surface area contributed by atoms with Gasteiger partial charge < -0.3 is 15.8 Å². The molecule has 0 bridgehead atoms. The number of guanidine groups is 1. The van der Waals surface area contributed by atoms with E-state index in [4.69, 9.17) is 10.5 Å². The molecule has 4 heteroatoms. The summed E-state index contributed by atoms with van der Waals surface area (Å²) in [6, 6.07) is 6.72. The number of nitrogens with zero attached hydrogens (tertiary/aromatic N) is 1. The first-order valence-corrected chi connectivity index (χ1v) is 7.91. The Morgan fingerprint density at radius 1 is 1.19 bits per heavy atom. The minimum absolute atomic E-state index is 0.503. The fourth-order valence-electron chi connectivity index (χ4n) is 2.85. The van der Waals surface area contributed by atoms with Gasteiger partial charge in [0.2, 0.25) is 0 Å². The van der Waals surface area contributed by atoms with Crippen LogP contribution in [0.3, 0.4) is 0 Å². The van der Waals surface area contributed by atoms with Gasteiger partial charge in [0.1, 0.15) is 12.4 Å². The van der Waals surface area contributed by atoms with Crippen molar-refractivity contribution in [3.63, 3.8) is 0 Å². The second kappa shape index (κ2) is 7.91. The lowest BCUT2D eigenvalue weighted by molar-refractivity contribution is 0.328. The zero-order valence-electron chi connectivity index (χ0n) is 13.2. The Kier molecular flexibility index (Phi) is 5.90. The monoisotopic (exact) mass is 289 g/mol. The first-order valence-electron chi connectivity index (χ1n) is 7.91. The van der Waals surface area contributed by atoms with E-state index in [-0.39, 0.29) is 0 Å². The Balaban J connectivity index is 1.71. The molecule has 3 N–H and O–H groups in total. The van der Waals surface area contributed by atoms with Crippen LogP contribution < -0.4 is 15.8 Å². The maximum Gasteiger partial charge on any atom is 0.188 e. The van der Waals surface area contributed by atoms with Crippen LogP contribution in [0.15, 0.2) is 23.2 Å². The van der Waals surface area contributed by atoms with Gasteiger partial charge in [-0.2, -0.15) is 0 Å². The van der Waals surface area contributed by atoms with Gasteiger partial charge in [-0.25, -0.2) is 4.99 Å². The van der Waals surface area contributed by atoms with E-state index < -0.39 is 0 Å². The Morgan fingerprint density at radius 2 is 1.86 bits per heavy atom. The van der Waals surface area contributed by atoms with Gasteiger partial charge in [-0.1, -0.05) is 25.3 Å². The smallest absolute Gasteiger partial charge is 0.188 e. The number of rotatable bonds is 5. The summed E-state index contributed by atoms with van der Waals surface area (Å²) < 4.78 is 5.72. The van der Waals surface area contributed by atoms with Crippen molar-refractivity contribution in [2.24, 2.45) is 10.7 Å². The molecular weight excluding hydrogens is 262 g/mol. The molecule has 0 heterocycles. The van der Waals surface area contributed by atoms with E-state index in [1.807, 2.05) is 12.1 Å². The molecular formula is C17H27N3O. The fourth-order valence-corrected chi connectivity index (χ4v) is 2.85. The van der Waals surface area contributed by atoms with E-state index in [1.54, 1.807) is 0 Å². The van der Waals surface area contributed by atoms with Crippen molar-refractivity contribution < 1.29 is 4.74 Å². The average Bonchev–Trinajstić information content (AvgIpc) is 2.44. The molecule has 1 fully saturated rings. The number of ether oxygens (including phenoxy) is 1. The maximum atomic E-state index is 5.92. The van der Waals surface area contributed by atoms with E-state index in [0.717, 1.165) is 5.75 Å². The molecule has 0 amide bonds. The van der Waals surface area contributed by atoms with Crippen LogP contribution in [0.5, 0.6) is 5.75 Å². The highest BCUT2D eigenvalue weighted by Gasteiger charge is 2.13. The van der Waals surface area contributed by atoms with Crippen molar-refractivity contribution in [2.75, 3.05) is 13.2 Å². The van der Waals surface area contributed by atoms with Crippen molar-refractivity contribution in [1.82, 2.24) is 5.32 Å². The van der Waals surface area contributed by atoms with Gasteiger partial charge in [0.05, 0.1) is 6.54 Å². The third-order valence-electron chi connectivity index (χ3n) is 3.79. The van der Waals surface area contributed by atoms with Crippen molar-refractivity contribution in [1.29, 1.82) is 0 Å². The van der Waals surface area contributed by atoms with Crippen LogP contribution in [-0.4, -0.2) is 25.2 Å². The summed E-state index contributed by atoms with van der Waals surface area (Å²) in [6.07, 6.45) is 6.34. The SMILES string of the molecule is Cc1cc(C)cc(OCCN=C(N)NC2CCCCC2)c1. The lowest BCUT2D eigenvalue weighted by Gasteiger charge is -2.23.